The minimum Gasteiger partial charge on any atom is -0.478 e. The van der Waals surface area contributed by atoms with Crippen LogP contribution < -0.4 is 5.32 Å². The number of amides is 1. The van der Waals surface area contributed by atoms with E-state index in [-0.39, 0.29) is 11.5 Å². The summed E-state index contributed by atoms with van der Waals surface area (Å²) in [5, 5.41) is 10.2. The van der Waals surface area contributed by atoms with Gasteiger partial charge >= 0.3 is 5.97 Å². The molecule has 6 nitrogen and oxygen atoms in total. The van der Waals surface area contributed by atoms with Gasteiger partial charge in [-0.05, 0) is 42.9 Å². The van der Waals surface area contributed by atoms with Crippen molar-refractivity contribution >= 4 is 21.7 Å². The van der Waals surface area contributed by atoms with Gasteiger partial charge in [0, 0.05) is 6.54 Å². The Morgan fingerprint density at radius 3 is 2.22 bits per heavy atom. The molecule has 1 unspecified atom stereocenters. The van der Waals surface area contributed by atoms with Crippen molar-refractivity contribution in [2.75, 3.05) is 6.54 Å². The molecule has 0 saturated heterocycles. The van der Waals surface area contributed by atoms with Gasteiger partial charge in [-0.2, -0.15) is 0 Å². The number of carboxylic acid groups (broad SMARTS) is 1. The molecule has 150 valence electrons. The topological polar surface area (TPSA) is 101 Å². The van der Waals surface area contributed by atoms with E-state index in [1.54, 1.807) is 26.0 Å². The van der Waals surface area contributed by atoms with Gasteiger partial charge < -0.3 is 10.4 Å². The van der Waals surface area contributed by atoms with Crippen LogP contribution in [0.2, 0.25) is 0 Å². The van der Waals surface area contributed by atoms with Crippen LogP contribution in [0.3, 0.4) is 0 Å². The average Bonchev–Trinajstić information content (AvgIpc) is 2.62. The maximum Gasteiger partial charge on any atom is 0.335 e. The van der Waals surface area contributed by atoms with E-state index in [0.29, 0.717) is 25.8 Å². The first-order valence-corrected chi connectivity index (χ1v) is 11.2. The molecule has 1 fully saturated rings. The van der Waals surface area contributed by atoms with Crippen LogP contribution in [0.5, 0.6) is 0 Å². The second-order valence-corrected chi connectivity index (χ2v) is 9.91. The molecule has 1 aromatic carbocycles. The normalized spacial score (nSPS) is 16.9. The van der Waals surface area contributed by atoms with Gasteiger partial charge in [-0.25, -0.2) is 13.2 Å². The smallest absolute Gasteiger partial charge is 0.335 e. The standard InChI is InChI=1S/C20H29NO5S/c1-14(2)18(27(25,26)17-6-4-3-5-7-17)19(22)21-13-12-15-8-10-16(11-9-15)20(23)24/h8-11,14,17-18H,3-7,12-13H2,1-2H3,(H,21,22)(H,23,24). The molecular weight excluding hydrogens is 366 g/mol. The maximum atomic E-state index is 13.0. The van der Waals surface area contributed by atoms with Crippen molar-refractivity contribution in [1.82, 2.24) is 5.32 Å². The van der Waals surface area contributed by atoms with Crippen molar-refractivity contribution in [1.29, 1.82) is 0 Å². The molecule has 2 N–H and O–H groups in total. The van der Waals surface area contributed by atoms with Gasteiger partial charge in [-0.3, -0.25) is 4.79 Å². The first kappa shape index (κ1) is 21.4. The summed E-state index contributed by atoms with van der Waals surface area (Å²) in [6, 6.07) is 6.44. The number of hydrogen-bond donors (Lipinski definition) is 2. The zero-order valence-electron chi connectivity index (χ0n) is 16.0. The Balaban J connectivity index is 1.97. The zero-order chi connectivity index (χ0) is 20.0. The summed E-state index contributed by atoms with van der Waals surface area (Å²) < 4.78 is 26.0. The highest BCUT2D eigenvalue weighted by Gasteiger charge is 2.40. The second kappa shape index (κ2) is 9.35. The fourth-order valence-corrected chi connectivity index (χ4v) is 6.22. The summed E-state index contributed by atoms with van der Waals surface area (Å²) in [5.74, 6) is -1.70. The Morgan fingerprint density at radius 1 is 1.11 bits per heavy atom. The average molecular weight is 396 g/mol. The summed E-state index contributed by atoms with van der Waals surface area (Å²) >= 11 is 0. The van der Waals surface area contributed by atoms with Gasteiger partial charge in [0.15, 0.2) is 9.84 Å². The van der Waals surface area contributed by atoms with E-state index in [2.05, 4.69) is 5.32 Å². The summed E-state index contributed by atoms with van der Waals surface area (Å²) in [7, 11) is -3.51. The Kier molecular flexibility index (Phi) is 7.41. The maximum absolute atomic E-state index is 13.0. The van der Waals surface area contributed by atoms with E-state index in [1.165, 1.54) is 12.1 Å². The number of rotatable bonds is 8. The third kappa shape index (κ3) is 5.54. The summed E-state index contributed by atoms with van der Waals surface area (Å²) in [5.41, 5.74) is 1.10. The Morgan fingerprint density at radius 2 is 1.70 bits per heavy atom. The lowest BCUT2D eigenvalue weighted by Crippen LogP contribution is -2.47. The Bertz CT molecular complexity index is 749. The number of carbonyl (C=O) groups excluding carboxylic acids is 1. The summed E-state index contributed by atoms with van der Waals surface area (Å²) in [6.07, 6.45) is 4.68. The number of nitrogens with one attached hydrogen (secondary N) is 1. The van der Waals surface area contributed by atoms with Crippen LogP contribution in [0.25, 0.3) is 0 Å². The predicted molar refractivity (Wildman–Crippen MR) is 105 cm³/mol. The molecule has 0 aliphatic heterocycles. The first-order valence-electron chi connectivity index (χ1n) is 9.56. The van der Waals surface area contributed by atoms with Gasteiger partial charge in [0.05, 0.1) is 10.8 Å². The lowest BCUT2D eigenvalue weighted by atomic mass is 10.0. The van der Waals surface area contributed by atoms with Crippen LogP contribution >= 0.6 is 0 Å². The molecule has 1 aromatic rings. The van der Waals surface area contributed by atoms with E-state index in [1.807, 2.05) is 0 Å². The van der Waals surface area contributed by atoms with E-state index in [9.17, 15) is 18.0 Å². The van der Waals surface area contributed by atoms with Crippen molar-refractivity contribution in [3.05, 3.63) is 35.4 Å². The summed E-state index contributed by atoms with van der Waals surface area (Å²) in [6.45, 7) is 3.86. The highest BCUT2D eigenvalue weighted by molar-refractivity contribution is 7.93. The summed E-state index contributed by atoms with van der Waals surface area (Å²) in [4.78, 5) is 23.5. The van der Waals surface area contributed by atoms with Gasteiger partial charge in [-0.1, -0.05) is 45.2 Å². The monoisotopic (exact) mass is 395 g/mol. The highest BCUT2D eigenvalue weighted by Crippen LogP contribution is 2.29. The highest BCUT2D eigenvalue weighted by atomic mass is 32.2. The van der Waals surface area contributed by atoms with Crippen LogP contribution in [0, 0.1) is 5.92 Å². The first-order chi connectivity index (χ1) is 12.7. The van der Waals surface area contributed by atoms with E-state index < -0.39 is 32.2 Å². The third-order valence-corrected chi connectivity index (χ3v) is 8.02. The van der Waals surface area contributed by atoms with Crippen molar-refractivity contribution in [3.63, 3.8) is 0 Å². The number of aromatic carboxylic acids is 1. The van der Waals surface area contributed by atoms with Crippen molar-refractivity contribution in [3.8, 4) is 0 Å². The largest absolute Gasteiger partial charge is 0.478 e. The van der Waals surface area contributed by atoms with E-state index in [0.717, 1.165) is 24.8 Å². The molecule has 2 rings (SSSR count). The lowest BCUT2D eigenvalue weighted by Gasteiger charge is -2.28. The fourth-order valence-electron chi connectivity index (χ4n) is 3.68. The second-order valence-electron chi connectivity index (χ2n) is 7.56. The predicted octanol–water partition coefficient (Wildman–Crippen LogP) is 2.82. The fraction of sp³-hybridized carbons (Fsp3) is 0.600. The van der Waals surface area contributed by atoms with Crippen molar-refractivity contribution in [2.45, 2.75) is 62.9 Å². The van der Waals surface area contributed by atoms with Gasteiger partial charge in [0.1, 0.15) is 5.25 Å². The molecule has 0 bridgehead atoms. The molecule has 1 aliphatic carbocycles. The molecule has 0 radical (unpaired) electrons. The van der Waals surface area contributed by atoms with Crippen molar-refractivity contribution in [2.24, 2.45) is 5.92 Å². The van der Waals surface area contributed by atoms with Gasteiger partial charge in [0.2, 0.25) is 5.91 Å². The molecule has 1 amide bonds. The van der Waals surface area contributed by atoms with Crippen LogP contribution in [0.1, 0.15) is 61.9 Å². The van der Waals surface area contributed by atoms with Crippen LogP contribution in [0.4, 0.5) is 0 Å². The van der Waals surface area contributed by atoms with Crippen LogP contribution in [0.15, 0.2) is 24.3 Å². The van der Waals surface area contributed by atoms with E-state index in [4.69, 9.17) is 5.11 Å². The molecule has 1 saturated carbocycles. The third-order valence-electron chi connectivity index (χ3n) is 5.15. The Hall–Kier alpha value is -1.89. The number of hydrogen-bond acceptors (Lipinski definition) is 4. The lowest BCUT2D eigenvalue weighted by molar-refractivity contribution is -0.121. The number of benzene rings is 1. The van der Waals surface area contributed by atoms with Gasteiger partial charge in [-0.15, -0.1) is 0 Å². The molecule has 0 spiro atoms. The van der Waals surface area contributed by atoms with Crippen molar-refractivity contribution < 1.29 is 23.1 Å². The zero-order valence-corrected chi connectivity index (χ0v) is 16.8. The SMILES string of the molecule is CC(C)C(C(=O)NCCc1ccc(C(=O)O)cc1)S(=O)(=O)C1CCCCC1. The molecule has 0 heterocycles. The molecule has 1 atom stereocenters. The molecule has 27 heavy (non-hydrogen) atoms. The quantitative estimate of drug-likeness (QED) is 0.705. The number of carbonyl (C=O) groups is 2. The number of sulfone groups is 1. The molecule has 0 aromatic heterocycles. The number of carboxylic acids is 1. The van der Waals surface area contributed by atoms with Crippen LogP contribution in [-0.2, 0) is 21.1 Å². The molecular formula is C20H29NO5S. The van der Waals surface area contributed by atoms with Gasteiger partial charge in [0.25, 0.3) is 0 Å². The van der Waals surface area contributed by atoms with E-state index >= 15 is 0 Å². The Labute approximate surface area is 161 Å². The molecule has 7 heteroatoms. The molecule has 1 aliphatic rings. The minimum atomic E-state index is -3.51. The minimum absolute atomic E-state index is 0.209. The van der Waals surface area contributed by atoms with Crippen LogP contribution in [-0.4, -0.2) is 42.4 Å².